The van der Waals surface area contributed by atoms with Crippen LogP contribution in [0.4, 0.5) is 0 Å². The van der Waals surface area contributed by atoms with Crippen molar-refractivity contribution in [1.29, 1.82) is 0 Å². The van der Waals surface area contributed by atoms with Crippen molar-refractivity contribution in [2.45, 2.75) is 26.3 Å². The lowest BCUT2D eigenvalue weighted by molar-refractivity contribution is -0.130. The SMILES string of the molecule is Cc1ccsc1CN(C)C(=O)CCC(=O)c1cccs1. The van der Waals surface area contributed by atoms with Crippen molar-refractivity contribution >= 4 is 34.4 Å². The maximum atomic E-state index is 12.0. The fraction of sp³-hybridized carbons (Fsp3) is 0.333. The summed E-state index contributed by atoms with van der Waals surface area (Å²) in [5.41, 5.74) is 1.21. The van der Waals surface area contributed by atoms with Gasteiger partial charge < -0.3 is 4.90 Å². The van der Waals surface area contributed by atoms with E-state index in [4.69, 9.17) is 0 Å². The van der Waals surface area contributed by atoms with Crippen molar-refractivity contribution < 1.29 is 9.59 Å². The van der Waals surface area contributed by atoms with Gasteiger partial charge in [0.05, 0.1) is 11.4 Å². The predicted molar refractivity (Wildman–Crippen MR) is 83.4 cm³/mol. The van der Waals surface area contributed by atoms with Crippen molar-refractivity contribution in [2.75, 3.05) is 7.05 Å². The summed E-state index contributed by atoms with van der Waals surface area (Å²) in [6.07, 6.45) is 0.560. The largest absolute Gasteiger partial charge is 0.341 e. The second kappa shape index (κ2) is 6.81. The molecular formula is C15H17NO2S2. The zero-order chi connectivity index (χ0) is 14.5. The lowest BCUT2D eigenvalue weighted by Crippen LogP contribution is -2.26. The van der Waals surface area contributed by atoms with Crippen molar-refractivity contribution in [3.05, 3.63) is 44.3 Å². The first-order valence-corrected chi connectivity index (χ1v) is 8.17. The Morgan fingerprint density at radius 3 is 2.55 bits per heavy atom. The first-order valence-electron chi connectivity index (χ1n) is 6.41. The molecule has 106 valence electrons. The molecule has 0 unspecified atom stereocenters. The van der Waals surface area contributed by atoms with E-state index in [0.29, 0.717) is 6.54 Å². The third-order valence-corrected chi connectivity index (χ3v) is 5.06. The number of carbonyl (C=O) groups excluding carboxylic acids is 2. The smallest absolute Gasteiger partial charge is 0.223 e. The van der Waals surface area contributed by atoms with E-state index in [1.54, 1.807) is 29.4 Å². The number of aryl methyl sites for hydroxylation is 1. The summed E-state index contributed by atoms with van der Waals surface area (Å²) in [6, 6.07) is 5.71. The number of amides is 1. The molecule has 2 rings (SSSR count). The molecule has 0 aliphatic heterocycles. The molecule has 0 aliphatic carbocycles. The van der Waals surface area contributed by atoms with Crippen molar-refractivity contribution in [1.82, 2.24) is 4.90 Å². The van der Waals surface area contributed by atoms with Crippen LogP contribution in [0, 0.1) is 6.92 Å². The van der Waals surface area contributed by atoms with Gasteiger partial charge in [-0.05, 0) is 35.4 Å². The maximum absolute atomic E-state index is 12.0. The number of nitrogens with zero attached hydrogens (tertiary/aromatic N) is 1. The Morgan fingerprint density at radius 1 is 1.15 bits per heavy atom. The number of rotatable bonds is 6. The predicted octanol–water partition coefficient (Wildman–Crippen LogP) is 3.74. The van der Waals surface area contributed by atoms with Crippen LogP contribution in [0.3, 0.4) is 0 Å². The van der Waals surface area contributed by atoms with Gasteiger partial charge in [-0.3, -0.25) is 9.59 Å². The Balaban J connectivity index is 1.82. The third kappa shape index (κ3) is 3.77. The highest BCUT2D eigenvalue weighted by molar-refractivity contribution is 7.12. The molecule has 3 nitrogen and oxygen atoms in total. The van der Waals surface area contributed by atoms with Crippen molar-refractivity contribution in [3.63, 3.8) is 0 Å². The van der Waals surface area contributed by atoms with E-state index in [1.807, 2.05) is 23.8 Å². The molecule has 0 spiro atoms. The van der Waals surface area contributed by atoms with E-state index in [2.05, 4.69) is 6.07 Å². The van der Waals surface area contributed by atoms with Gasteiger partial charge in [0.15, 0.2) is 5.78 Å². The van der Waals surface area contributed by atoms with E-state index < -0.39 is 0 Å². The van der Waals surface area contributed by atoms with E-state index in [9.17, 15) is 9.59 Å². The standard InChI is InChI=1S/C15H17NO2S2/c1-11-7-9-20-14(11)10-16(2)15(18)6-5-12(17)13-4-3-8-19-13/h3-4,7-9H,5-6,10H2,1-2H3. The van der Waals surface area contributed by atoms with Crippen LogP contribution in [-0.4, -0.2) is 23.6 Å². The summed E-state index contributed by atoms with van der Waals surface area (Å²) in [7, 11) is 1.79. The van der Waals surface area contributed by atoms with Gasteiger partial charge in [0, 0.05) is 24.8 Å². The van der Waals surface area contributed by atoms with E-state index >= 15 is 0 Å². The van der Waals surface area contributed by atoms with Crippen LogP contribution >= 0.6 is 22.7 Å². The van der Waals surface area contributed by atoms with Crippen molar-refractivity contribution in [2.24, 2.45) is 0 Å². The van der Waals surface area contributed by atoms with Crippen LogP contribution < -0.4 is 0 Å². The highest BCUT2D eigenvalue weighted by atomic mass is 32.1. The minimum absolute atomic E-state index is 0.0164. The van der Waals surface area contributed by atoms with Gasteiger partial charge in [-0.15, -0.1) is 22.7 Å². The van der Waals surface area contributed by atoms with Gasteiger partial charge in [0.2, 0.25) is 5.91 Å². The van der Waals surface area contributed by atoms with Crippen LogP contribution in [0.15, 0.2) is 29.0 Å². The molecule has 0 aliphatic rings. The molecule has 5 heteroatoms. The lowest BCUT2D eigenvalue weighted by Gasteiger charge is -2.16. The van der Waals surface area contributed by atoms with Gasteiger partial charge in [0.25, 0.3) is 0 Å². The Bertz CT molecular complexity index is 587. The van der Waals surface area contributed by atoms with Crippen LogP contribution in [0.5, 0.6) is 0 Å². The second-order valence-electron chi connectivity index (χ2n) is 4.68. The van der Waals surface area contributed by atoms with Gasteiger partial charge in [-0.25, -0.2) is 0 Å². The molecule has 0 atom stereocenters. The van der Waals surface area contributed by atoms with Gasteiger partial charge in [0.1, 0.15) is 0 Å². The van der Waals surface area contributed by atoms with Crippen LogP contribution in [0.25, 0.3) is 0 Å². The average molecular weight is 307 g/mol. The molecule has 0 N–H and O–H groups in total. The Labute approximate surface area is 126 Å². The molecule has 0 saturated carbocycles. The van der Waals surface area contributed by atoms with Gasteiger partial charge in [-0.1, -0.05) is 6.07 Å². The summed E-state index contributed by atoms with van der Waals surface area (Å²) in [6.45, 7) is 2.67. The highest BCUT2D eigenvalue weighted by Crippen LogP contribution is 2.18. The Morgan fingerprint density at radius 2 is 1.95 bits per heavy atom. The second-order valence-corrected chi connectivity index (χ2v) is 6.63. The number of ketones is 1. The van der Waals surface area contributed by atoms with Crippen LogP contribution in [0.2, 0.25) is 0 Å². The quantitative estimate of drug-likeness (QED) is 0.762. The van der Waals surface area contributed by atoms with E-state index in [0.717, 1.165) is 4.88 Å². The first kappa shape index (κ1) is 14.9. The summed E-state index contributed by atoms with van der Waals surface area (Å²) < 4.78 is 0. The molecular weight excluding hydrogens is 290 g/mol. The Hall–Kier alpha value is -1.46. The molecule has 0 fully saturated rings. The number of carbonyl (C=O) groups is 2. The van der Waals surface area contributed by atoms with Crippen LogP contribution in [-0.2, 0) is 11.3 Å². The fourth-order valence-corrected chi connectivity index (χ4v) is 3.49. The molecule has 2 aromatic heterocycles. The highest BCUT2D eigenvalue weighted by Gasteiger charge is 2.14. The summed E-state index contributed by atoms with van der Waals surface area (Å²) in [4.78, 5) is 27.5. The Kier molecular flexibility index (Phi) is 5.09. The molecule has 2 aromatic rings. The summed E-state index contributed by atoms with van der Waals surface area (Å²) >= 11 is 3.08. The minimum Gasteiger partial charge on any atom is -0.341 e. The third-order valence-electron chi connectivity index (χ3n) is 3.14. The fourth-order valence-electron chi connectivity index (χ4n) is 1.84. The number of Topliss-reactive ketones (excluding diaryl/α,β-unsaturated/α-hetero) is 1. The number of hydrogen-bond donors (Lipinski definition) is 0. The molecule has 1 amide bonds. The summed E-state index contributed by atoms with van der Waals surface area (Å²) in [5.74, 6) is 0.0664. The molecule has 0 aromatic carbocycles. The van der Waals surface area contributed by atoms with Crippen molar-refractivity contribution in [3.8, 4) is 0 Å². The average Bonchev–Trinajstić information content (AvgIpc) is 3.08. The number of thiophene rings is 2. The normalized spacial score (nSPS) is 10.5. The number of hydrogen-bond acceptors (Lipinski definition) is 4. The minimum atomic E-state index is 0.0164. The zero-order valence-electron chi connectivity index (χ0n) is 11.6. The van der Waals surface area contributed by atoms with Gasteiger partial charge in [-0.2, -0.15) is 0 Å². The summed E-state index contributed by atoms with van der Waals surface area (Å²) in [5, 5.41) is 3.91. The van der Waals surface area contributed by atoms with E-state index in [1.165, 1.54) is 21.8 Å². The monoisotopic (exact) mass is 307 g/mol. The van der Waals surface area contributed by atoms with E-state index in [-0.39, 0.29) is 24.5 Å². The topological polar surface area (TPSA) is 37.4 Å². The zero-order valence-corrected chi connectivity index (χ0v) is 13.2. The van der Waals surface area contributed by atoms with Gasteiger partial charge >= 0.3 is 0 Å². The maximum Gasteiger partial charge on any atom is 0.223 e. The first-order chi connectivity index (χ1) is 9.58. The molecule has 0 saturated heterocycles. The molecule has 0 radical (unpaired) electrons. The van der Waals surface area contributed by atoms with Crippen LogP contribution in [0.1, 0.15) is 33.0 Å². The molecule has 20 heavy (non-hydrogen) atoms. The molecule has 2 heterocycles. The molecule has 0 bridgehead atoms. The lowest BCUT2D eigenvalue weighted by atomic mass is 10.2.